The highest BCUT2D eigenvalue weighted by Gasteiger charge is 2.10. The van der Waals surface area contributed by atoms with Crippen LogP contribution < -0.4 is 5.32 Å². The van der Waals surface area contributed by atoms with Gasteiger partial charge in [-0.1, -0.05) is 66.7 Å². The highest BCUT2D eigenvalue weighted by molar-refractivity contribution is 6.00. The number of benzene rings is 2. The van der Waals surface area contributed by atoms with E-state index in [2.05, 4.69) is 16.9 Å². The van der Waals surface area contributed by atoms with E-state index in [4.69, 9.17) is 9.47 Å². The maximum Gasteiger partial charge on any atom is 0.435 e. The van der Waals surface area contributed by atoms with Gasteiger partial charge in [0.25, 0.3) is 0 Å². The van der Waals surface area contributed by atoms with Crippen LogP contribution in [0.3, 0.4) is 0 Å². The summed E-state index contributed by atoms with van der Waals surface area (Å²) in [6.07, 6.45) is 1.09. The molecular formula is C21H22N2O4. The molecular weight excluding hydrogens is 344 g/mol. The summed E-state index contributed by atoms with van der Waals surface area (Å²) in [5.74, 6) is 0.172. The predicted molar refractivity (Wildman–Crippen MR) is 103 cm³/mol. The van der Waals surface area contributed by atoms with E-state index in [1.54, 1.807) is 6.08 Å². The Bertz CT molecular complexity index is 773. The van der Waals surface area contributed by atoms with Crippen molar-refractivity contribution >= 4 is 18.0 Å². The van der Waals surface area contributed by atoms with Crippen molar-refractivity contribution in [2.24, 2.45) is 4.99 Å². The zero-order valence-electron chi connectivity index (χ0n) is 15.0. The monoisotopic (exact) mass is 366 g/mol. The van der Waals surface area contributed by atoms with Crippen LogP contribution in [0.5, 0.6) is 0 Å². The van der Waals surface area contributed by atoms with Crippen LogP contribution in [0, 0.1) is 0 Å². The fraction of sp³-hybridized carbons (Fsp3) is 0.190. The Morgan fingerprint density at radius 1 is 0.926 bits per heavy atom. The van der Waals surface area contributed by atoms with E-state index < -0.39 is 12.2 Å². The highest BCUT2D eigenvalue weighted by atomic mass is 16.6. The number of nitrogens with one attached hydrogen (secondary N) is 1. The van der Waals surface area contributed by atoms with Crippen LogP contribution in [0.25, 0.3) is 0 Å². The van der Waals surface area contributed by atoms with Gasteiger partial charge in [-0.15, -0.1) is 6.58 Å². The highest BCUT2D eigenvalue weighted by Crippen LogP contribution is 2.03. The van der Waals surface area contributed by atoms with E-state index in [1.165, 1.54) is 0 Å². The van der Waals surface area contributed by atoms with Crippen molar-refractivity contribution in [3.63, 3.8) is 0 Å². The minimum Gasteiger partial charge on any atom is -0.444 e. The fourth-order valence-electron chi connectivity index (χ4n) is 2.12. The number of hydrogen-bond acceptors (Lipinski definition) is 4. The number of alkyl carbamates (subject to hydrolysis) is 1. The third-order valence-corrected chi connectivity index (χ3v) is 3.48. The minimum absolute atomic E-state index is 0.108. The Hall–Kier alpha value is -3.41. The van der Waals surface area contributed by atoms with Gasteiger partial charge in [0.1, 0.15) is 19.0 Å². The summed E-state index contributed by atoms with van der Waals surface area (Å²) in [4.78, 5) is 27.7. The molecule has 0 aliphatic heterocycles. The standard InChI is InChI=1S/C21H22N2O4/c1-2-3-14-19(22-20(24)26-15-17-10-6-4-7-11-17)23-21(25)27-16-18-12-8-5-9-13-18/h2,4-13H,1,3,14-16H2,(H,22,23,24,25). The summed E-state index contributed by atoms with van der Waals surface area (Å²) in [7, 11) is 0. The summed E-state index contributed by atoms with van der Waals surface area (Å²) < 4.78 is 10.2. The number of amides is 2. The van der Waals surface area contributed by atoms with Crippen molar-refractivity contribution in [1.82, 2.24) is 5.32 Å². The van der Waals surface area contributed by atoms with Crippen molar-refractivity contribution in [3.8, 4) is 0 Å². The van der Waals surface area contributed by atoms with Gasteiger partial charge in [-0.2, -0.15) is 4.99 Å². The maximum atomic E-state index is 12.0. The second-order valence-corrected chi connectivity index (χ2v) is 5.61. The molecule has 0 bridgehead atoms. The van der Waals surface area contributed by atoms with Crippen LogP contribution in [0.15, 0.2) is 78.3 Å². The Labute approximate surface area is 158 Å². The number of amidine groups is 1. The molecule has 0 atom stereocenters. The summed E-state index contributed by atoms with van der Waals surface area (Å²) in [5, 5.41) is 2.49. The number of nitrogens with zero attached hydrogens (tertiary/aromatic N) is 1. The second-order valence-electron chi connectivity index (χ2n) is 5.61. The van der Waals surface area contributed by atoms with E-state index in [1.807, 2.05) is 60.7 Å². The van der Waals surface area contributed by atoms with Gasteiger partial charge >= 0.3 is 12.2 Å². The molecule has 0 aliphatic rings. The van der Waals surface area contributed by atoms with Crippen LogP contribution in [0.4, 0.5) is 9.59 Å². The molecule has 2 aromatic carbocycles. The van der Waals surface area contributed by atoms with Crippen LogP contribution in [0.1, 0.15) is 24.0 Å². The number of carbonyl (C=O) groups excluding carboxylic acids is 2. The summed E-state index contributed by atoms with van der Waals surface area (Å²) in [6, 6.07) is 18.6. The van der Waals surface area contributed by atoms with Gasteiger partial charge in [-0.05, 0) is 17.5 Å². The third kappa shape index (κ3) is 8.00. The van der Waals surface area contributed by atoms with Gasteiger partial charge in [-0.25, -0.2) is 9.59 Å². The molecule has 140 valence electrons. The van der Waals surface area contributed by atoms with Crippen molar-refractivity contribution in [2.75, 3.05) is 0 Å². The molecule has 0 heterocycles. The first-order valence-corrected chi connectivity index (χ1v) is 8.54. The summed E-state index contributed by atoms with van der Waals surface area (Å²) >= 11 is 0. The SMILES string of the molecule is C=CCC/C(=N/C(=O)OCc1ccccc1)NC(=O)OCc1ccccc1. The molecule has 27 heavy (non-hydrogen) atoms. The maximum absolute atomic E-state index is 12.0. The molecule has 0 unspecified atom stereocenters. The molecule has 2 aromatic rings. The lowest BCUT2D eigenvalue weighted by molar-refractivity contribution is 0.144. The molecule has 0 radical (unpaired) electrons. The largest absolute Gasteiger partial charge is 0.444 e. The topological polar surface area (TPSA) is 77.0 Å². The lowest BCUT2D eigenvalue weighted by Crippen LogP contribution is -2.31. The van der Waals surface area contributed by atoms with Gasteiger partial charge in [0.2, 0.25) is 0 Å². The van der Waals surface area contributed by atoms with Gasteiger partial charge in [0, 0.05) is 6.42 Å². The number of hydrogen-bond donors (Lipinski definition) is 1. The molecule has 2 amide bonds. The lowest BCUT2D eigenvalue weighted by Gasteiger charge is -2.09. The Balaban J connectivity index is 1.88. The Kier molecular flexibility index (Phi) is 8.30. The minimum atomic E-state index is -0.777. The molecule has 0 fully saturated rings. The van der Waals surface area contributed by atoms with Crippen molar-refractivity contribution in [2.45, 2.75) is 26.1 Å². The molecule has 1 N–H and O–H groups in total. The molecule has 0 aromatic heterocycles. The molecule has 0 spiro atoms. The Morgan fingerprint density at radius 2 is 1.48 bits per heavy atom. The third-order valence-electron chi connectivity index (χ3n) is 3.48. The molecule has 6 heteroatoms. The van der Waals surface area contributed by atoms with E-state index in [0.717, 1.165) is 11.1 Å². The first kappa shape index (κ1) is 19.9. The molecule has 0 aliphatic carbocycles. The van der Waals surface area contributed by atoms with E-state index in [0.29, 0.717) is 12.8 Å². The van der Waals surface area contributed by atoms with Crippen LogP contribution in [-0.2, 0) is 22.7 Å². The van der Waals surface area contributed by atoms with Gasteiger partial charge in [-0.3, -0.25) is 5.32 Å². The van der Waals surface area contributed by atoms with E-state index in [9.17, 15) is 9.59 Å². The van der Waals surface area contributed by atoms with E-state index in [-0.39, 0.29) is 19.0 Å². The predicted octanol–water partition coefficient (Wildman–Crippen LogP) is 4.61. The quantitative estimate of drug-likeness (QED) is 0.441. The zero-order chi connectivity index (χ0) is 19.3. The first-order chi connectivity index (χ1) is 13.2. The average Bonchev–Trinajstić information content (AvgIpc) is 2.70. The first-order valence-electron chi connectivity index (χ1n) is 8.54. The van der Waals surface area contributed by atoms with Crippen LogP contribution in [0.2, 0.25) is 0 Å². The second kappa shape index (κ2) is 11.3. The van der Waals surface area contributed by atoms with Gasteiger partial charge in [0.15, 0.2) is 0 Å². The smallest absolute Gasteiger partial charge is 0.435 e. The number of carbonyl (C=O) groups is 2. The number of ether oxygens (including phenoxy) is 2. The van der Waals surface area contributed by atoms with E-state index >= 15 is 0 Å². The summed E-state index contributed by atoms with van der Waals surface area (Å²) in [5.41, 5.74) is 1.71. The number of rotatable bonds is 7. The van der Waals surface area contributed by atoms with Crippen molar-refractivity contribution in [3.05, 3.63) is 84.4 Å². The van der Waals surface area contributed by atoms with Gasteiger partial charge < -0.3 is 9.47 Å². The fourth-order valence-corrected chi connectivity index (χ4v) is 2.12. The summed E-state index contributed by atoms with van der Waals surface area (Å²) in [6.45, 7) is 3.86. The van der Waals surface area contributed by atoms with Crippen LogP contribution >= 0.6 is 0 Å². The molecule has 6 nitrogen and oxygen atoms in total. The number of allylic oxidation sites excluding steroid dienone is 1. The van der Waals surface area contributed by atoms with Crippen LogP contribution in [-0.4, -0.2) is 18.0 Å². The number of aliphatic imine (C=N–C) groups is 1. The average molecular weight is 366 g/mol. The van der Waals surface area contributed by atoms with Crippen molar-refractivity contribution in [1.29, 1.82) is 0 Å². The molecule has 2 rings (SSSR count). The zero-order valence-corrected chi connectivity index (χ0v) is 15.0. The van der Waals surface area contributed by atoms with Gasteiger partial charge in [0.05, 0.1) is 0 Å². The van der Waals surface area contributed by atoms with Crippen molar-refractivity contribution < 1.29 is 19.1 Å². The normalized spacial score (nSPS) is 10.7. The molecule has 0 saturated heterocycles. The Morgan fingerprint density at radius 3 is 2.04 bits per heavy atom. The lowest BCUT2D eigenvalue weighted by atomic mass is 10.2. The molecule has 0 saturated carbocycles.